The first kappa shape index (κ1) is 19.6. The Morgan fingerprint density at radius 3 is 2.46 bits per heavy atom. The number of carbonyl (C=O) groups excluding carboxylic acids is 1. The van der Waals surface area contributed by atoms with E-state index in [1.165, 1.54) is 5.56 Å². The Hall–Kier alpha value is -3.18. The smallest absolute Gasteiger partial charge is 0.258 e. The van der Waals surface area contributed by atoms with E-state index in [1.807, 2.05) is 36.4 Å². The molecule has 0 fully saturated rings. The predicted octanol–water partition coefficient (Wildman–Crippen LogP) is 4.70. The first-order valence-corrected chi connectivity index (χ1v) is 9.38. The quantitative estimate of drug-likeness (QED) is 0.488. The molecule has 5 nitrogen and oxygen atoms in total. The molecule has 2 aromatic carbocycles. The summed E-state index contributed by atoms with van der Waals surface area (Å²) < 4.78 is 0. The van der Waals surface area contributed by atoms with Crippen LogP contribution in [0.3, 0.4) is 0 Å². The monoisotopic (exact) mass is 392 g/mol. The molecule has 0 radical (unpaired) electrons. The summed E-state index contributed by atoms with van der Waals surface area (Å²) in [5.74, 6) is 0.0830. The van der Waals surface area contributed by atoms with Crippen LogP contribution in [0.2, 0.25) is 5.02 Å². The lowest BCUT2D eigenvalue weighted by atomic mass is 10.1. The van der Waals surface area contributed by atoms with Gasteiger partial charge in [0.25, 0.3) is 5.91 Å². The lowest BCUT2D eigenvalue weighted by Gasteiger charge is -2.12. The van der Waals surface area contributed by atoms with Gasteiger partial charge in [0.15, 0.2) is 0 Å². The number of nitrogens with zero attached hydrogens (tertiary/aromatic N) is 2. The van der Waals surface area contributed by atoms with Crippen LogP contribution < -0.4 is 10.6 Å². The van der Waals surface area contributed by atoms with Gasteiger partial charge in [-0.1, -0.05) is 36.7 Å². The van der Waals surface area contributed by atoms with Gasteiger partial charge in [0.2, 0.25) is 5.96 Å². The Kier molecular flexibility index (Phi) is 6.76. The zero-order valence-electron chi connectivity index (χ0n) is 15.5. The lowest BCUT2D eigenvalue weighted by molar-refractivity contribution is 0.0977. The highest BCUT2D eigenvalue weighted by Crippen LogP contribution is 2.12. The van der Waals surface area contributed by atoms with Crippen LogP contribution in [0.5, 0.6) is 0 Å². The minimum Gasteiger partial charge on any atom is -0.326 e. The fraction of sp³-hybridized carbons (Fsp3) is 0.136. The van der Waals surface area contributed by atoms with Gasteiger partial charge in [0.05, 0.1) is 6.54 Å². The van der Waals surface area contributed by atoms with Crippen molar-refractivity contribution < 1.29 is 4.79 Å². The normalized spacial score (nSPS) is 11.1. The Labute approximate surface area is 169 Å². The highest BCUT2D eigenvalue weighted by atomic mass is 35.5. The number of hydrogen-bond donors (Lipinski definition) is 2. The summed E-state index contributed by atoms with van der Waals surface area (Å²) in [7, 11) is 0. The van der Waals surface area contributed by atoms with E-state index in [9.17, 15) is 4.79 Å². The van der Waals surface area contributed by atoms with Gasteiger partial charge in [0.1, 0.15) is 0 Å². The van der Waals surface area contributed by atoms with E-state index in [4.69, 9.17) is 11.6 Å². The molecule has 0 saturated carbocycles. The molecule has 0 spiro atoms. The fourth-order valence-electron chi connectivity index (χ4n) is 2.54. The SMILES string of the molecule is CCc1ccc(NC(=NCc2ccncc2)NC(=O)c2cccc(Cl)c2)cc1. The van der Waals surface area contributed by atoms with Crippen molar-refractivity contribution >= 4 is 29.2 Å². The van der Waals surface area contributed by atoms with Crippen molar-refractivity contribution in [3.05, 3.63) is 94.8 Å². The highest BCUT2D eigenvalue weighted by molar-refractivity contribution is 6.31. The Bertz CT molecular complexity index is 956. The topological polar surface area (TPSA) is 66.4 Å². The van der Waals surface area contributed by atoms with Gasteiger partial charge < -0.3 is 5.32 Å². The number of aryl methyl sites for hydroxylation is 1. The van der Waals surface area contributed by atoms with Crippen LogP contribution in [0.1, 0.15) is 28.4 Å². The third-order valence-electron chi connectivity index (χ3n) is 4.11. The molecule has 0 saturated heterocycles. The number of rotatable bonds is 5. The highest BCUT2D eigenvalue weighted by Gasteiger charge is 2.10. The molecule has 0 bridgehead atoms. The summed E-state index contributed by atoms with van der Waals surface area (Å²) in [4.78, 5) is 21.1. The molecule has 0 aliphatic heterocycles. The number of nitrogens with one attached hydrogen (secondary N) is 2. The number of pyridine rings is 1. The summed E-state index contributed by atoms with van der Waals surface area (Å²) in [5.41, 5.74) is 3.54. The van der Waals surface area contributed by atoms with Crippen molar-refractivity contribution in [2.75, 3.05) is 5.32 Å². The van der Waals surface area contributed by atoms with Gasteiger partial charge in [-0.05, 0) is 60.0 Å². The van der Waals surface area contributed by atoms with Crippen LogP contribution in [-0.4, -0.2) is 16.9 Å². The number of aliphatic imine (C=N–C) groups is 1. The zero-order valence-corrected chi connectivity index (χ0v) is 16.3. The molecule has 2 N–H and O–H groups in total. The van der Waals surface area contributed by atoms with Crippen molar-refractivity contribution in [1.29, 1.82) is 0 Å². The van der Waals surface area contributed by atoms with Gasteiger partial charge >= 0.3 is 0 Å². The van der Waals surface area contributed by atoms with Crippen molar-refractivity contribution in [2.45, 2.75) is 19.9 Å². The second-order valence-electron chi connectivity index (χ2n) is 6.16. The number of anilines is 1. The number of amides is 1. The van der Waals surface area contributed by atoms with E-state index in [0.29, 0.717) is 23.1 Å². The van der Waals surface area contributed by atoms with E-state index in [-0.39, 0.29) is 5.91 Å². The fourth-order valence-corrected chi connectivity index (χ4v) is 2.73. The van der Waals surface area contributed by atoms with Crippen LogP contribution in [0.15, 0.2) is 78.0 Å². The van der Waals surface area contributed by atoms with Crippen LogP contribution in [0.25, 0.3) is 0 Å². The molecule has 1 amide bonds. The molecule has 1 aromatic heterocycles. The number of aromatic nitrogens is 1. The minimum absolute atomic E-state index is 0.284. The number of guanidine groups is 1. The van der Waals surface area contributed by atoms with Crippen molar-refractivity contribution in [2.24, 2.45) is 4.99 Å². The minimum atomic E-state index is -0.284. The van der Waals surface area contributed by atoms with E-state index in [2.05, 4.69) is 27.5 Å². The molecular formula is C22H21ClN4O. The molecule has 28 heavy (non-hydrogen) atoms. The number of carbonyl (C=O) groups is 1. The summed E-state index contributed by atoms with van der Waals surface area (Å²) in [6.07, 6.45) is 4.40. The number of hydrogen-bond acceptors (Lipinski definition) is 3. The molecule has 0 aliphatic carbocycles. The second-order valence-corrected chi connectivity index (χ2v) is 6.60. The summed E-state index contributed by atoms with van der Waals surface area (Å²) >= 11 is 5.99. The molecule has 0 aliphatic rings. The van der Waals surface area contributed by atoms with Crippen molar-refractivity contribution in [3.63, 3.8) is 0 Å². The summed E-state index contributed by atoms with van der Waals surface area (Å²) in [6.45, 7) is 2.52. The molecule has 6 heteroatoms. The van der Waals surface area contributed by atoms with Crippen molar-refractivity contribution in [3.8, 4) is 0 Å². The average Bonchev–Trinajstić information content (AvgIpc) is 2.73. The Morgan fingerprint density at radius 1 is 1.04 bits per heavy atom. The summed E-state index contributed by atoms with van der Waals surface area (Å²) in [6, 6.07) is 18.6. The lowest BCUT2D eigenvalue weighted by Crippen LogP contribution is -2.36. The van der Waals surface area contributed by atoms with Gasteiger partial charge in [-0.15, -0.1) is 0 Å². The largest absolute Gasteiger partial charge is 0.326 e. The zero-order chi connectivity index (χ0) is 19.8. The number of halogens is 1. The van der Waals surface area contributed by atoms with Gasteiger partial charge in [0, 0.05) is 28.7 Å². The molecule has 3 rings (SSSR count). The molecule has 3 aromatic rings. The maximum atomic E-state index is 12.6. The Balaban J connectivity index is 1.79. The first-order valence-electron chi connectivity index (χ1n) is 9.00. The van der Waals surface area contributed by atoms with Crippen LogP contribution in [-0.2, 0) is 13.0 Å². The number of benzene rings is 2. The van der Waals surface area contributed by atoms with E-state index in [1.54, 1.807) is 36.7 Å². The third-order valence-corrected chi connectivity index (χ3v) is 4.35. The second kappa shape index (κ2) is 9.67. The van der Waals surface area contributed by atoms with Crippen molar-refractivity contribution in [1.82, 2.24) is 10.3 Å². The van der Waals surface area contributed by atoms with Gasteiger partial charge in [-0.25, -0.2) is 4.99 Å². The molecule has 0 atom stereocenters. The average molecular weight is 393 g/mol. The Morgan fingerprint density at radius 2 is 1.79 bits per heavy atom. The summed E-state index contributed by atoms with van der Waals surface area (Å²) in [5, 5.41) is 6.52. The maximum Gasteiger partial charge on any atom is 0.258 e. The van der Waals surface area contributed by atoms with E-state index < -0.39 is 0 Å². The first-order chi connectivity index (χ1) is 13.6. The van der Waals surface area contributed by atoms with Gasteiger partial charge in [-0.3, -0.25) is 15.1 Å². The van der Waals surface area contributed by atoms with Crippen LogP contribution in [0, 0.1) is 0 Å². The molecule has 0 unspecified atom stereocenters. The van der Waals surface area contributed by atoms with E-state index >= 15 is 0 Å². The predicted molar refractivity (Wildman–Crippen MR) is 114 cm³/mol. The van der Waals surface area contributed by atoms with E-state index in [0.717, 1.165) is 17.7 Å². The molecule has 1 heterocycles. The third kappa shape index (κ3) is 5.66. The van der Waals surface area contributed by atoms with Crippen LogP contribution >= 0.6 is 11.6 Å². The molecular weight excluding hydrogens is 372 g/mol. The standard InChI is InChI=1S/C22H21ClN4O/c1-2-16-6-8-20(9-7-16)26-22(25-15-17-10-12-24-13-11-17)27-21(28)18-4-3-5-19(23)14-18/h3-14H,2,15H2,1H3,(H2,25,26,27,28). The van der Waals surface area contributed by atoms with Gasteiger partial charge in [-0.2, -0.15) is 0 Å². The molecule has 142 valence electrons. The maximum absolute atomic E-state index is 12.6. The van der Waals surface area contributed by atoms with Crippen LogP contribution in [0.4, 0.5) is 5.69 Å².